The molecule has 0 fully saturated rings. The molecule has 1 heterocycles. The Hall–Kier alpha value is -1.82. The molecule has 1 N–H and O–H groups in total. The number of carboxylic acid groups (broad SMARTS) is 1. The van der Waals surface area contributed by atoms with Crippen LogP contribution in [0.5, 0.6) is 0 Å². The molecule has 0 bridgehead atoms. The van der Waals surface area contributed by atoms with Crippen molar-refractivity contribution < 1.29 is 9.90 Å². The third-order valence-electron chi connectivity index (χ3n) is 2.69. The van der Waals surface area contributed by atoms with Gasteiger partial charge in [-0.1, -0.05) is 43.0 Å². The normalized spacial score (nSPS) is 10.6. The maximum atomic E-state index is 10.6. The van der Waals surface area contributed by atoms with Crippen molar-refractivity contribution in [1.29, 1.82) is 0 Å². The van der Waals surface area contributed by atoms with Gasteiger partial charge in [0, 0.05) is 0 Å². The first kappa shape index (κ1) is 13.6. The van der Waals surface area contributed by atoms with Crippen molar-refractivity contribution in [2.24, 2.45) is 0 Å². The number of carbonyl (C=O) groups is 1. The SMILES string of the molecule is CCc1ccc(Cn2cnnc2SCC(=O)O)cc1. The van der Waals surface area contributed by atoms with Gasteiger partial charge in [-0.3, -0.25) is 4.79 Å². The number of nitrogens with zero attached hydrogens (tertiary/aromatic N) is 3. The van der Waals surface area contributed by atoms with E-state index in [1.165, 1.54) is 17.3 Å². The van der Waals surface area contributed by atoms with Crippen molar-refractivity contribution in [1.82, 2.24) is 14.8 Å². The lowest BCUT2D eigenvalue weighted by Crippen LogP contribution is -2.03. The van der Waals surface area contributed by atoms with E-state index in [1.54, 1.807) is 6.33 Å². The molecule has 0 amide bonds. The van der Waals surface area contributed by atoms with E-state index in [0.717, 1.165) is 12.0 Å². The Morgan fingerprint density at radius 1 is 1.32 bits per heavy atom. The molecule has 0 saturated heterocycles. The van der Waals surface area contributed by atoms with E-state index in [2.05, 4.69) is 41.4 Å². The number of aromatic nitrogens is 3. The summed E-state index contributed by atoms with van der Waals surface area (Å²) in [5, 5.41) is 17.1. The van der Waals surface area contributed by atoms with Crippen LogP contribution in [0.2, 0.25) is 0 Å². The van der Waals surface area contributed by atoms with Crippen molar-refractivity contribution in [3.63, 3.8) is 0 Å². The summed E-state index contributed by atoms with van der Waals surface area (Å²) in [6.07, 6.45) is 2.64. The molecule has 19 heavy (non-hydrogen) atoms. The number of hydrogen-bond donors (Lipinski definition) is 1. The Balaban J connectivity index is 2.05. The molecule has 5 nitrogen and oxygen atoms in total. The van der Waals surface area contributed by atoms with E-state index in [4.69, 9.17) is 5.11 Å². The first-order chi connectivity index (χ1) is 9.19. The van der Waals surface area contributed by atoms with Gasteiger partial charge in [0.1, 0.15) is 6.33 Å². The molecule has 0 spiro atoms. The Morgan fingerprint density at radius 3 is 2.63 bits per heavy atom. The van der Waals surface area contributed by atoms with Crippen LogP contribution in [0.15, 0.2) is 35.7 Å². The van der Waals surface area contributed by atoms with Crippen molar-refractivity contribution in [3.8, 4) is 0 Å². The molecular weight excluding hydrogens is 262 g/mol. The van der Waals surface area contributed by atoms with E-state index in [-0.39, 0.29) is 5.75 Å². The topological polar surface area (TPSA) is 68.0 Å². The highest BCUT2D eigenvalue weighted by molar-refractivity contribution is 7.99. The second kappa shape index (κ2) is 6.38. The van der Waals surface area contributed by atoms with Crippen molar-refractivity contribution in [2.45, 2.75) is 25.0 Å². The van der Waals surface area contributed by atoms with Gasteiger partial charge in [0.05, 0.1) is 12.3 Å². The zero-order chi connectivity index (χ0) is 13.7. The van der Waals surface area contributed by atoms with Crippen molar-refractivity contribution >= 4 is 17.7 Å². The molecule has 0 atom stereocenters. The molecule has 0 unspecified atom stereocenters. The fourth-order valence-electron chi connectivity index (χ4n) is 1.67. The van der Waals surface area contributed by atoms with Gasteiger partial charge >= 0.3 is 5.97 Å². The number of rotatable bonds is 6. The van der Waals surface area contributed by atoms with Gasteiger partial charge in [-0.2, -0.15) is 0 Å². The highest BCUT2D eigenvalue weighted by Crippen LogP contribution is 2.16. The summed E-state index contributed by atoms with van der Waals surface area (Å²) >= 11 is 1.18. The summed E-state index contributed by atoms with van der Waals surface area (Å²) in [5.74, 6) is -0.861. The molecule has 0 radical (unpaired) electrons. The summed E-state index contributed by atoms with van der Waals surface area (Å²) in [5.41, 5.74) is 2.45. The van der Waals surface area contributed by atoms with Crippen LogP contribution in [0, 0.1) is 0 Å². The van der Waals surface area contributed by atoms with Gasteiger partial charge in [0.2, 0.25) is 0 Å². The average molecular weight is 277 g/mol. The number of aryl methyl sites for hydroxylation is 1. The van der Waals surface area contributed by atoms with Gasteiger partial charge in [-0.15, -0.1) is 10.2 Å². The van der Waals surface area contributed by atoms with Gasteiger partial charge in [0.15, 0.2) is 5.16 Å². The number of aliphatic carboxylic acids is 1. The second-order valence-corrected chi connectivity index (χ2v) is 5.04. The summed E-state index contributed by atoms with van der Waals surface area (Å²) in [7, 11) is 0. The van der Waals surface area contributed by atoms with E-state index in [0.29, 0.717) is 11.7 Å². The van der Waals surface area contributed by atoms with Gasteiger partial charge < -0.3 is 9.67 Å². The highest BCUT2D eigenvalue weighted by Gasteiger charge is 2.08. The molecule has 0 aliphatic rings. The summed E-state index contributed by atoms with van der Waals surface area (Å²) in [4.78, 5) is 10.6. The largest absolute Gasteiger partial charge is 0.481 e. The molecule has 1 aromatic heterocycles. The predicted octanol–water partition coefficient (Wildman–Crippen LogP) is 2.07. The summed E-state index contributed by atoms with van der Waals surface area (Å²) in [6.45, 7) is 2.77. The fraction of sp³-hybridized carbons (Fsp3) is 0.308. The Bertz CT molecular complexity index is 551. The Morgan fingerprint density at radius 2 is 2.00 bits per heavy atom. The first-order valence-electron chi connectivity index (χ1n) is 5.99. The third-order valence-corrected chi connectivity index (χ3v) is 3.65. The lowest BCUT2D eigenvalue weighted by molar-refractivity contribution is -0.133. The van der Waals surface area contributed by atoms with E-state index in [9.17, 15) is 4.79 Å². The van der Waals surface area contributed by atoms with Crippen LogP contribution < -0.4 is 0 Å². The molecule has 100 valence electrons. The van der Waals surface area contributed by atoms with Crippen LogP contribution in [-0.4, -0.2) is 31.6 Å². The van der Waals surface area contributed by atoms with Gasteiger partial charge in [-0.25, -0.2) is 0 Å². The van der Waals surface area contributed by atoms with Gasteiger partial charge in [-0.05, 0) is 17.5 Å². The number of carboxylic acids is 1. The zero-order valence-electron chi connectivity index (χ0n) is 10.6. The first-order valence-corrected chi connectivity index (χ1v) is 6.98. The van der Waals surface area contributed by atoms with Crippen molar-refractivity contribution in [2.75, 3.05) is 5.75 Å². The summed E-state index contributed by atoms with van der Waals surface area (Å²) in [6, 6.07) is 8.35. The predicted molar refractivity (Wildman–Crippen MR) is 73.3 cm³/mol. The van der Waals surface area contributed by atoms with E-state index >= 15 is 0 Å². The lowest BCUT2D eigenvalue weighted by atomic mass is 10.1. The Labute approximate surface area is 115 Å². The number of thioether (sulfide) groups is 1. The number of benzene rings is 1. The van der Waals surface area contributed by atoms with Crippen LogP contribution in [0.3, 0.4) is 0 Å². The smallest absolute Gasteiger partial charge is 0.313 e. The minimum absolute atomic E-state index is 0.00648. The third kappa shape index (κ3) is 3.82. The maximum absolute atomic E-state index is 10.6. The lowest BCUT2D eigenvalue weighted by Gasteiger charge is -2.06. The molecule has 2 aromatic rings. The van der Waals surface area contributed by atoms with Crippen LogP contribution in [-0.2, 0) is 17.8 Å². The Kier molecular flexibility index (Phi) is 4.57. The molecule has 1 aromatic carbocycles. The van der Waals surface area contributed by atoms with E-state index in [1.807, 2.05) is 4.57 Å². The maximum Gasteiger partial charge on any atom is 0.313 e. The zero-order valence-corrected chi connectivity index (χ0v) is 11.4. The molecule has 0 aliphatic carbocycles. The quantitative estimate of drug-likeness (QED) is 0.819. The average Bonchev–Trinajstić information content (AvgIpc) is 2.84. The summed E-state index contributed by atoms with van der Waals surface area (Å²) < 4.78 is 1.86. The molecule has 0 saturated carbocycles. The second-order valence-electron chi connectivity index (χ2n) is 4.09. The van der Waals surface area contributed by atoms with Crippen molar-refractivity contribution in [3.05, 3.63) is 41.7 Å². The molecule has 2 rings (SSSR count). The minimum atomic E-state index is -0.855. The van der Waals surface area contributed by atoms with Crippen LogP contribution in [0.1, 0.15) is 18.1 Å². The molecule has 6 heteroatoms. The minimum Gasteiger partial charge on any atom is -0.481 e. The van der Waals surface area contributed by atoms with E-state index < -0.39 is 5.97 Å². The monoisotopic (exact) mass is 277 g/mol. The number of hydrogen-bond acceptors (Lipinski definition) is 4. The molecule has 0 aliphatic heterocycles. The fourth-order valence-corrected chi connectivity index (χ4v) is 2.30. The van der Waals surface area contributed by atoms with Gasteiger partial charge in [0.25, 0.3) is 0 Å². The van der Waals surface area contributed by atoms with Crippen LogP contribution in [0.25, 0.3) is 0 Å². The molecular formula is C13H15N3O2S. The highest BCUT2D eigenvalue weighted by atomic mass is 32.2. The standard InChI is InChI=1S/C13H15N3O2S/c1-2-10-3-5-11(6-4-10)7-16-9-14-15-13(16)19-8-12(17)18/h3-6,9H,2,7-8H2,1H3,(H,17,18). The van der Waals surface area contributed by atoms with Crippen LogP contribution in [0.4, 0.5) is 0 Å². The van der Waals surface area contributed by atoms with Crippen LogP contribution >= 0.6 is 11.8 Å².